The van der Waals surface area contributed by atoms with Crippen molar-refractivity contribution >= 4 is 5.91 Å². The van der Waals surface area contributed by atoms with Crippen LogP contribution < -0.4 is 5.56 Å². The van der Waals surface area contributed by atoms with Gasteiger partial charge < -0.3 is 4.90 Å². The molecule has 25 heavy (non-hydrogen) atoms. The fourth-order valence-corrected chi connectivity index (χ4v) is 3.57. The van der Waals surface area contributed by atoms with Crippen molar-refractivity contribution in [2.24, 2.45) is 11.8 Å². The van der Waals surface area contributed by atoms with Crippen LogP contribution in [-0.4, -0.2) is 43.5 Å². The van der Waals surface area contributed by atoms with Crippen LogP contribution in [0.5, 0.6) is 0 Å². The van der Waals surface area contributed by atoms with Crippen molar-refractivity contribution in [3.05, 3.63) is 39.9 Å². The fraction of sp³-hybridized carbons (Fsp3) is 0.556. The van der Waals surface area contributed by atoms with Gasteiger partial charge in [0.05, 0.1) is 12.2 Å². The van der Waals surface area contributed by atoms with Crippen molar-refractivity contribution in [1.82, 2.24) is 24.5 Å². The first-order valence-corrected chi connectivity index (χ1v) is 8.92. The van der Waals surface area contributed by atoms with Crippen LogP contribution in [0.15, 0.2) is 23.0 Å². The molecule has 0 bridgehead atoms. The van der Waals surface area contributed by atoms with E-state index in [1.807, 2.05) is 24.8 Å². The zero-order valence-electron chi connectivity index (χ0n) is 14.7. The van der Waals surface area contributed by atoms with Crippen molar-refractivity contribution in [3.63, 3.8) is 0 Å². The summed E-state index contributed by atoms with van der Waals surface area (Å²) >= 11 is 0. The first-order valence-electron chi connectivity index (χ1n) is 8.92. The molecule has 1 saturated heterocycles. The maximum atomic E-state index is 12.2. The molecule has 1 aliphatic heterocycles. The molecule has 132 valence electrons. The molecule has 1 aliphatic carbocycles. The maximum Gasteiger partial charge on any atom is 0.266 e. The minimum Gasteiger partial charge on any atom is -0.342 e. The molecule has 0 spiro atoms. The standard InChI is InChI=1S/C18H23N5O2/c1-12-8-13(2)23(19-12)16-6-7-17(24)22(20-16)11-14-9-21(10-14)18(25)15-4-3-5-15/h6-8,14-15H,3-5,9-11H2,1-2H3. The van der Waals surface area contributed by atoms with Crippen LogP contribution in [-0.2, 0) is 11.3 Å². The number of carbonyl (C=O) groups is 1. The number of hydrogen-bond acceptors (Lipinski definition) is 4. The molecule has 1 amide bonds. The van der Waals surface area contributed by atoms with Gasteiger partial charge in [-0.1, -0.05) is 6.42 Å². The molecular weight excluding hydrogens is 318 g/mol. The van der Waals surface area contributed by atoms with Crippen molar-refractivity contribution < 1.29 is 4.79 Å². The zero-order chi connectivity index (χ0) is 17.6. The second-order valence-corrected chi connectivity index (χ2v) is 7.29. The molecule has 0 radical (unpaired) electrons. The van der Waals surface area contributed by atoms with Gasteiger partial charge in [-0.05, 0) is 38.8 Å². The first kappa shape index (κ1) is 16.1. The highest BCUT2D eigenvalue weighted by Crippen LogP contribution is 2.31. The van der Waals surface area contributed by atoms with E-state index in [4.69, 9.17) is 0 Å². The van der Waals surface area contributed by atoms with E-state index in [-0.39, 0.29) is 11.5 Å². The molecule has 7 nitrogen and oxygen atoms in total. The molecule has 2 aromatic heterocycles. The molecule has 2 aromatic rings. The van der Waals surface area contributed by atoms with Gasteiger partial charge in [0, 0.05) is 36.7 Å². The van der Waals surface area contributed by atoms with E-state index in [9.17, 15) is 9.59 Å². The van der Waals surface area contributed by atoms with Gasteiger partial charge in [0.1, 0.15) is 0 Å². The molecule has 2 fully saturated rings. The molecule has 0 N–H and O–H groups in total. The number of amides is 1. The van der Waals surface area contributed by atoms with Crippen LogP contribution in [0.2, 0.25) is 0 Å². The highest BCUT2D eigenvalue weighted by molar-refractivity contribution is 5.80. The Balaban J connectivity index is 1.44. The summed E-state index contributed by atoms with van der Waals surface area (Å²) in [6.07, 6.45) is 3.24. The highest BCUT2D eigenvalue weighted by atomic mass is 16.2. The van der Waals surface area contributed by atoms with E-state index in [1.54, 1.807) is 10.7 Å². The predicted molar refractivity (Wildman–Crippen MR) is 92.5 cm³/mol. The van der Waals surface area contributed by atoms with Crippen molar-refractivity contribution in [2.45, 2.75) is 39.7 Å². The quantitative estimate of drug-likeness (QED) is 0.840. The summed E-state index contributed by atoms with van der Waals surface area (Å²) in [6.45, 7) is 5.90. The Morgan fingerprint density at radius 2 is 1.96 bits per heavy atom. The maximum absolute atomic E-state index is 12.2. The Bertz CT molecular complexity index is 859. The number of carbonyl (C=O) groups excluding carboxylic acids is 1. The average molecular weight is 341 g/mol. The van der Waals surface area contributed by atoms with E-state index >= 15 is 0 Å². The summed E-state index contributed by atoms with van der Waals surface area (Å²) < 4.78 is 3.25. The van der Waals surface area contributed by atoms with Gasteiger partial charge >= 0.3 is 0 Å². The second-order valence-electron chi connectivity index (χ2n) is 7.29. The monoisotopic (exact) mass is 341 g/mol. The van der Waals surface area contributed by atoms with E-state index in [1.165, 1.54) is 17.2 Å². The molecule has 0 atom stereocenters. The van der Waals surface area contributed by atoms with E-state index < -0.39 is 0 Å². The molecule has 0 unspecified atom stereocenters. The number of hydrogen-bond donors (Lipinski definition) is 0. The average Bonchev–Trinajstić information content (AvgIpc) is 2.81. The molecule has 7 heteroatoms. The normalized spacial score (nSPS) is 18.1. The van der Waals surface area contributed by atoms with Crippen molar-refractivity contribution in [1.29, 1.82) is 0 Å². The molecule has 3 heterocycles. The third-order valence-corrected chi connectivity index (χ3v) is 5.23. The largest absolute Gasteiger partial charge is 0.342 e. The summed E-state index contributed by atoms with van der Waals surface area (Å²) in [5, 5.41) is 8.89. The third-order valence-electron chi connectivity index (χ3n) is 5.23. The van der Waals surface area contributed by atoms with E-state index in [2.05, 4.69) is 10.2 Å². The minimum absolute atomic E-state index is 0.117. The number of nitrogens with zero attached hydrogens (tertiary/aromatic N) is 5. The van der Waals surface area contributed by atoms with Gasteiger partial charge in [-0.25, -0.2) is 9.36 Å². The topological polar surface area (TPSA) is 73.0 Å². The van der Waals surface area contributed by atoms with Gasteiger partial charge in [0.25, 0.3) is 5.56 Å². The summed E-state index contributed by atoms with van der Waals surface area (Å²) in [7, 11) is 0. The fourth-order valence-electron chi connectivity index (χ4n) is 3.57. The van der Waals surface area contributed by atoms with Crippen LogP contribution in [0.25, 0.3) is 5.82 Å². The van der Waals surface area contributed by atoms with Gasteiger partial charge in [0.15, 0.2) is 5.82 Å². The van der Waals surface area contributed by atoms with Crippen molar-refractivity contribution in [3.8, 4) is 5.82 Å². The summed E-state index contributed by atoms with van der Waals surface area (Å²) in [5.41, 5.74) is 1.78. The molecule has 4 rings (SSSR count). The first-order chi connectivity index (χ1) is 12.0. The van der Waals surface area contributed by atoms with E-state index in [0.717, 1.165) is 37.3 Å². The Hall–Kier alpha value is -2.44. The van der Waals surface area contributed by atoms with Crippen LogP contribution >= 0.6 is 0 Å². The van der Waals surface area contributed by atoms with Gasteiger partial charge in [-0.15, -0.1) is 5.10 Å². The van der Waals surface area contributed by atoms with Crippen LogP contribution in [0.3, 0.4) is 0 Å². The molecule has 2 aliphatic rings. The van der Waals surface area contributed by atoms with Crippen LogP contribution in [0.1, 0.15) is 30.7 Å². The smallest absolute Gasteiger partial charge is 0.266 e. The van der Waals surface area contributed by atoms with Crippen molar-refractivity contribution in [2.75, 3.05) is 13.1 Å². The lowest BCUT2D eigenvalue weighted by molar-refractivity contribution is -0.145. The minimum atomic E-state index is -0.117. The molecule has 0 aromatic carbocycles. The van der Waals surface area contributed by atoms with Crippen LogP contribution in [0.4, 0.5) is 0 Å². The number of rotatable bonds is 4. The predicted octanol–water partition coefficient (Wildman–Crippen LogP) is 1.30. The lowest BCUT2D eigenvalue weighted by Gasteiger charge is -2.42. The number of likely N-dealkylation sites (tertiary alicyclic amines) is 1. The number of aryl methyl sites for hydroxylation is 2. The Labute approximate surface area is 146 Å². The number of aromatic nitrogens is 4. The van der Waals surface area contributed by atoms with Gasteiger partial charge in [-0.3, -0.25) is 9.59 Å². The Morgan fingerprint density at radius 3 is 2.56 bits per heavy atom. The summed E-state index contributed by atoms with van der Waals surface area (Å²) in [5.74, 6) is 1.48. The van der Waals surface area contributed by atoms with Gasteiger partial charge in [0.2, 0.25) is 5.91 Å². The highest BCUT2D eigenvalue weighted by Gasteiger charge is 2.36. The Morgan fingerprint density at radius 1 is 1.20 bits per heavy atom. The summed E-state index contributed by atoms with van der Waals surface area (Å²) in [6, 6.07) is 5.22. The molecular formula is C18H23N5O2. The van der Waals surface area contributed by atoms with Gasteiger partial charge in [-0.2, -0.15) is 5.10 Å². The SMILES string of the molecule is Cc1cc(C)n(-c2ccc(=O)n(CC3CN(C(=O)C4CCC4)C3)n2)n1. The second kappa shape index (κ2) is 6.13. The zero-order valence-corrected chi connectivity index (χ0v) is 14.7. The lowest BCUT2D eigenvalue weighted by Crippen LogP contribution is -2.54. The molecule has 1 saturated carbocycles. The Kier molecular flexibility index (Phi) is 3.94. The third kappa shape index (κ3) is 2.99. The summed E-state index contributed by atoms with van der Waals surface area (Å²) in [4.78, 5) is 26.2. The lowest BCUT2D eigenvalue weighted by atomic mass is 9.83. The van der Waals surface area contributed by atoms with E-state index in [0.29, 0.717) is 24.2 Å². The van der Waals surface area contributed by atoms with Crippen LogP contribution in [0, 0.1) is 25.7 Å².